The summed E-state index contributed by atoms with van der Waals surface area (Å²) in [4.78, 5) is 2.54. The fourth-order valence-corrected chi connectivity index (χ4v) is 7.80. The van der Waals surface area contributed by atoms with E-state index in [1.807, 2.05) is 6.07 Å². The molecule has 0 N–H and O–H groups in total. The molecule has 2 heterocycles. The molecule has 2 nitrogen and oxygen atoms in total. The topological polar surface area (TPSA) is 16.4 Å². The first kappa shape index (κ1) is 22.4. The Hall–Kier alpha value is -5.34. The Bertz CT molecular complexity index is 2420. The highest BCUT2D eigenvalue weighted by Crippen LogP contribution is 2.52. The molecule has 1 aromatic heterocycles. The predicted molar refractivity (Wildman–Crippen MR) is 175 cm³/mol. The Labute approximate surface area is 242 Å². The Morgan fingerprint density at radius 3 is 2.26 bits per heavy atom. The van der Waals surface area contributed by atoms with E-state index < -0.39 is 0 Å². The molecule has 10 rings (SSSR count). The lowest BCUT2D eigenvalue weighted by Gasteiger charge is -2.31. The molecule has 0 fully saturated rings. The lowest BCUT2D eigenvalue weighted by Crippen LogP contribution is -2.33. The van der Waals surface area contributed by atoms with Crippen LogP contribution in [-0.4, -0.2) is 6.04 Å². The number of benzene rings is 7. The van der Waals surface area contributed by atoms with Crippen molar-refractivity contribution in [3.63, 3.8) is 0 Å². The van der Waals surface area contributed by atoms with Crippen molar-refractivity contribution in [1.82, 2.24) is 0 Å². The van der Waals surface area contributed by atoms with E-state index in [2.05, 4.69) is 138 Å². The van der Waals surface area contributed by atoms with E-state index in [1.165, 1.54) is 54.8 Å². The molecule has 42 heavy (non-hydrogen) atoms. The number of rotatable bonds is 2. The second kappa shape index (κ2) is 8.11. The first-order valence-corrected chi connectivity index (χ1v) is 14.7. The Balaban J connectivity index is 1.26. The first-order valence-electron chi connectivity index (χ1n) is 14.7. The summed E-state index contributed by atoms with van der Waals surface area (Å²) in [5.74, 6) is 0.220. The third kappa shape index (κ3) is 2.89. The van der Waals surface area contributed by atoms with E-state index in [1.54, 1.807) is 0 Å². The van der Waals surface area contributed by atoms with Gasteiger partial charge in [-0.05, 0) is 73.8 Å². The average Bonchev–Trinajstić information content (AvgIpc) is 3.59. The molecule has 0 radical (unpaired) electrons. The quantitative estimate of drug-likeness (QED) is 0.219. The number of fused-ring (bicyclic) bond motifs is 7. The van der Waals surface area contributed by atoms with Crippen LogP contribution < -0.4 is 10.1 Å². The number of anilines is 2. The monoisotopic (exact) mass is 535 g/mol. The van der Waals surface area contributed by atoms with Gasteiger partial charge in [0.25, 0.3) is 0 Å². The highest BCUT2D eigenvalue weighted by molar-refractivity contribution is 6.13. The molecule has 0 saturated carbocycles. The van der Waals surface area contributed by atoms with Crippen LogP contribution in [0.3, 0.4) is 0 Å². The van der Waals surface area contributed by atoms with Crippen molar-refractivity contribution in [2.45, 2.75) is 12.0 Å². The fraction of sp³-hybridized carbons (Fsp3) is 0.0500. The van der Waals surface area contributed by atoms with Gasteiger partial charge in [0.2, 0.25) is 0 Å². The minimum Gasteiger partial charge on any atom is -0.455 e. The zero-order valence-corrected chi connectivity index (χ0v) is 22.8. The molecule has 1 aliphatic heterocycles. The number of hydrogen-bond acceptors (Lipinski definition) is 2. The van der Waals surface area contributed by atoms with Gasteiger partial charge in [-0.25, -0.2) is 0 Å². The van der Waals surface area contributed by atoms with Gasteiger partial charge < -0.3 is 9.32 Å². The van der Waals surface area contributed by atoms with Gasteiger partial charge in [0.05, 0.1) is 6.04 Å². The van der Waals surface area contributed by atoms with Crippen LogP contribution in [0, 0.1) is 0 Å². The van der Waals surface area contributed by atoms with Crippen LogP contribution in [-0.2, 0) is 0 Å². The van der Waals surface area contributed by atoms with Gasteiger partial charge in [-0.3, -0.25) is 0 Å². The fourth-order valence-electron chi connectivity index (χ4n) is 7.80. The maximum atomic E-state index is 6.47. The molecule has 2 atom stereocenters. The number of hydrogen-bond donors (Lipinski definition) is 0. The van der Waals surface area contributed by atoms with Crippen molar-refractivity contribution < 1.29 is 4.42 Å². The number of nitrogens with zero attached hydrogens (tertiary/aromatic N) is 1. The molecule has 0 saturated heterocycles. The van der Waals surface area contributed by atoms with Gasteiger partial charge in [-0.1, -0.05) is 109 Å². The molecule has 0 amide bonds. The SMILES string of the molecule is C1=c2ccc3cccc4ccc(c2c43)C2c3cc(-c4cccc5c4oc4ccccc45)ccc3N(c3ccccc3)C12. The normalized spacial score (nSPS) is 17.2. The van der Waals surface area contributed by atoms with Crippen LogP contribution in [0.4, 0.5) is 11.4 Å². The van der Waals surface area contributed by atoms with Gasteiger partial charge in [0, 0.05) is 33.6 Å². The van der Waals surface area contributed by atoms with Gasteiger partial charge in [0.15, 0.2) is 0 Å². The Morgan fingerprint density at radius 1 is 0.571 bits per heavy atom. The average molecular weight is 536 g/mol. The van der Waals surface area contributed by atoms with E-state index in [0.29, 0.717) is 0 Å². The van der Waals surface area contributed by atoms with E-state index >= 15 is 0 Å². The smallest absolute Gasteiger partial charge is 0.143 e. The van der Waals surface area contributed by atoms with Crippen LogP contribution in [0.15, 0.2) is 138 Å². The van der Waals surface area contributed by atoms with Gasteiger partial charge in [-0.2, -0.15) is 0 Å². The van der Waals surface area contributed by atoms with E-state index in [9.17, 15) is 0 Å². The highest BCUT2D eigenvalue weighted by Gasteiger charge is 2.41. The van der Waals surface area contributed by atoms with Crippen LogP contribution in [0.25, 0.3) is 60.7 Å². The van der Waals surface area contributed by atoms with Crippen molar-refractivity contribution in [2.24, 2.45) is 0 Å². The van der Waals surface area contributed by atoms with Gasteiger partial charge >= 0.3 is 0 Å². The molecule has 8 aromatic rings. The molecule has 2 unspecified atom stereocenters. The maximum Gasteiger partial charge on any atom is 0.143 e. The first-order chi connectivity index (χ1) is 20.8. The second-order valence-corrected chi connectivity index (χ2v) is 11.7. The zero-order chi connectivity index (χ0) is 27.4. The summed E-state index contributed by atoms with van der Waals surface area (Å²) >= 11 is 0. The maximum absolute atomic E-state index is 6.47. The largest absolute Gasteiger partial charge is 0.455 e. The minimum atomic E-state index is 0.189. The van der Waals surface area contributed by atoms with Gasteiger partial charge in [0.1, 0.15) is 11.2 Å². The number of furan rings is 1. The van der Waals surface area contributed by atoms with Gasteiger partial charge in [-0.15, -0.1) is 0 Å². The van der Waals surface area contributed by atoms with Crippen LogP contribution in [0.2, 0.25) is 0 Å². The minimum absolute atomic E-state index is 0.189. The summed E-state index contributed by atoms with van der Waals surface area (Å²) in [6.07, 6.45) is 2.51. The molecular weight excluding hydrogens is 510 g/mol. The molecule has 0 bridgehead atoms. The third-order valence-electron chi connectivity index (χ3n) is 9.54. The Morgan fingerprint density at radius 2 is 1.36 bits per heavy atom. The highest BCUT2D eigenvalue weighted by atomic mass is 16.3. The van der Waals surface area contributed by atoms with Crippen LogP contribution in [0.1, 0.15) is 17.0 Å². The van der Waals surface area contributed by atoms with Crippen LogP contribution in [0.5, 0.6) is 0 Å². The zero-order valence-electron chi connectivity index (χ0n) is 22.8. The van der Waals surface area contributed by atoms with Crippen molar-refractivity contribution in [3.05, 3.63) is 150 Å². The summed E-state index contributed by atoms with van der Waals surface area (Å²) < 4.78 is 6.47. The lowest BCUT2D eigenvalue weighted by molar-refractivity contribution is 0.670. The summed E-state index contributed by atoms with van der Waals surface area (Å²) in [5.41, 5.74) is 9.50. The van der Waals surface area contributed by atoms with E-state index in [-0.39, 0.29) is 12.0 Å². The standard InChI is InChI=1S/C40H25NO/c1-2-10-28(11-3-1)41-34-21-19-26(29-13-7-14-31-30-12-4-5-15-36(30)42-40(29)31)22-33(34)39-32-20-18-25-9-6-8-24-16-17-27(23-35(39)41)38(32)37(24)25/h1-23,35,39H. The molecular formula is C40H25NO. The van der Waals surface area contributed by atoms with Crippen molar-refractivity contribution in [2.75, 3.05) is 4.90 Å². The Kier molecular flexibility index (Phi) is 4.32. The molecule has 2 aliphatic rings. The molecule has 196 valence electrons. The molecule has 0 spiro atoms. The third-order valence-corrected chi connectivity index (χ3v) is 9.54. The predicted octanol–water partition coefficient (Wildman–Crippen LogP) is 9.72. The van der Waals surface area contributed by atoms with Crippen molar-refractivity contribution in [1.29, 1.82) is 0 Å². The molecule has 1 aliphatic carbocycles. The van der Waals surface area contributed by atoms with E-state index in [0.717, 1.165) is 27.5 Å². The number of para-hydroxylation sites is 3. The van der Waals surface area contributed by atoms with Crippen LogP contribution >= 0.6 is 0 Å². The summed E-state index contributed by atoms with van der Waals surface area (Å²) in [6, 6.07) is 48.9. The summed E-state index contributed by atoms with van der Waals surface area (Å²) in [5, 5.41) is 9.05. The lowest BCUT2D eigenvalue weighted by atomic mass is 9.79. The van der Waals surface area contributed by atoms with Crippen molar-refractivity contribution in [3.8, 4) is 11.1 Å². The molecule has 2 heteroatoms. The molecule has 7 aromatic carbocycles. The summed E-state index contributed by atoms with van der Waals surface area (Å²) in [6.45, 7) is 0. The van der Waals surface area contributed by atoms with Crippen molar-refractivity contribution >= 4 is 60.9 Å². The second-order valence-electron chi connectivity index (χ2n) is 11.7. The van der Waals surface area contributed by atoms with E-state index in [4.69, 9.17) is 4.42 Å². The summed E-state index contributed by atoms with van der Waals surface area (Å²) in [7, 11) is 0.